The van der Waals surface area contributed by atoms with E-state index in [4.69, 9.17) is 23.7 Å². The first-order chi connectivity index (χ1) is 7.06. The Morgan fingerprint density at radius 1 is 1.20 bits per heavy atom. The predicted octanol–water partition coefficient (Wildman–Crippen LogP) is 0.894. The van der Waals surface area contributed by atoms with Gasteiger partial charge in [-0.05, 0) is 20.3 Å². The average Bonchev–Trinajstić information content (AvgIpc) is 2.23. The Hall–Kier alpha value is 0.0169. The van der Waals surface area contributed by atoms with Crippen LogP contribution < -0.4 is 5.73 Å². The van der Waals surface area contributed by atoms with Gasteiger partial charge in [0.1, 0.15) is 5.73 Å². The Labute approximate surface area is 93.2 Å². The first-order valence-corrected chi connectivity index (χ1v) is 6.96. The lowest BCUT2D eigenvalue weighted by atomic mass is 10.4. The highest BCUT2D eigenvalue weighted by atomic mass is 28.4. The fraction of sp³-hybridized carbons (Fsp3) is 1.00. The minimum Gasteiger partial charge on any atom is -0.375 e. The van der Waals surface area contributed by atoms with Crippen LogP contribution in [0.25, 0.3) is 0 Å². The van der Waals surface area contributed by atoms with Crippen LogP contribution in [0.15, 0.2) is 0 Å². The second-order valence-electron chi connectivity index (χ2n) is 3.40. The van der Waals surface area contributed by atoms with Gasteiger partial charge in [-0.15, -0.1) is 0 Å². The quantitative estimate of drug-likeness (QED) is 0.502. The van der Waals surface area contributed by atoms with Gasteiger partial charge in [-0.3, -0.25) is 0 Å². The fourth-order valence-electron chi connectivity index (χ4n) is 1.43. The normalized spacial score (nSPS) is 14.6. The maximum Gasteiger partial charge on any atom is 0.531 e. The average molecular weight is 237 g/mol. The molecule has 2 N–H and O–H groups in total. The molecule has 0 aromatic carbocycles. The van der Waals surface area contributed by atoms with E-state index in [1.165, 1.54) is 0 Å². The summed E-state index contributed by atoms with van der Waals surface area (Å²) in [5.41, 5.74) is 5.22. The second-order valence-corrected chi connectivity index (χ2v) is 6.36. The van der Waals surface area contributed by atoms with Crippen molar-refractivity contribution in [2.75, 3.05) is 21.0 Å². The van der Waals surface area contributed by atoms with Crippen molar-refractivity contribution in [3.05, 3.63) is 0 Å². The summed E-state index contributed by atoms with van der Waals surface area (Å²) < 4.78 is 21.9. The summed E-state index contributed by atoms with van der Waals surface area (Å²) >= 11 is 0. The minimum absolute atomic E-state index is 0.0753. The zero-order valence-electron chi connectivity index (χ0n) is 10.3. The number of ether oxygens (including phenoxy) is 1. The fourth-order valence-corrected chi connectivity index (χ4v) is 3.72. The van der Waals surface area contributed by atoms with Gasteiger partial charge in [0.2, 0.25) is 0 Å². The molecule has 0 radical (unpaired) electrons. The molecular formula is C9H23NO4Si. The molecule has 1 atom stereocenters. The summed E-state index contributed by atoms with van der Waals surface area (Å²) in [5.74, 6) is 0. The lowest BCUT2D eigenvalue weighted by Gasteiger charge is -2.33. The standard InChI is InChI=1S/C9H23NO4Si/c1-6-9(14-8(2)3)15(11-4,12-5)13-7-10/h8-9H,6-7,10H2,1-5H3. The van der Waals surface area contributed by atoms with Crippen molar-refractivity contribution >= 4 is 8.80 Å². The molecule has 0 aromatic rings. The Bertz CT molecular complexity index is 164. The van der Waals surface area contributed by atoms with Crippen molar-refractivity contribution in [3.63, 3.8) is 0 Å². The molecule has 0 saturated heterocycles. The summed E-state index contributed by atoms with van der Waals surface area (Å²) in [5, 5.41) is 0. The lowest BCUT2D eigenvalue weighted by Crippen LogP contribution is -2.57. The van der Waals surface area contributed by atoms with E-state index in [0.717, 1.165) is 6.42 Å². The van der Waals surface area contributed by atoms with Crippen LogP contribution in [-0.4, -0.2) is 41.6 Å². The molecule has 0 aliphatic carbocycles. The molecule has 6 heteroatoms. The molecule has 0 spiro atoms. The summed E-state index contributed by atoms with van der Waals surface area (Å²) in [6.45, 7) is 6.02. The Balaban J connectivity index is 4.66. The Morgan fingerprint density at radius 3 is 2.00 bits per heavy atom. The van der Waals surface area contributed by atoms with E-state index in [9.17, 15) is 0 Å². The van der Waals surface area contributed by atoms with Crippen LogP contribution in [0.2, 0.25) is 0 Å². The largest absolute Gasteiger partial charge is 0.531 e. The van der Waals surface area contributed by atoms with Crippen molar-refractivity contribution in [1.82, 2.24) is 0 Å². The van der Waals surface area contributed by atoms with Crippen molar-refractivity contribution in [1.29, 1.82) is 0 Å². The van der Waals surface area contributed by atoms with Crippen LogP contribution in [0, 0.1) is 0 Å². The molecule has 0 fully saturated rings. The number of hydrogen-bond donors (Lipinski definition) is 1. The molecule has 0 saturated carbocycles. The third-order valence-electron chi connectivity index (χ3n) is 2.06. The molecule has 1 unspecified atom stereocenters. The zero-order valence-corrected chi connectivity index (χ0v) is 11.3. The number of nitrogens with two attached hydrogens (primary N) is 1. The first kappa shape index (κ1) is 15.0. The number of hydrogen-bond acceptors (Lipinski definition) is 5. The van der Waals surface area contributed by atoms with Crippen LogP contribution in [0.1, 0.15) is 27.2 Å². The van der Waals surface area contributed by atoms with E-state index in [1.807, 2.05) is 20.8 Å². The molecule has 0 rings (SSSR count). The molecule has 0 heterocycles. The van der Waals surface area contributed by atoms with Crippen molar-refractivity contribution in [3.8, 4) is 0 Å². The summed E-state index contributed by atoms with van der Waals surface area (Å²) in [4.78, 5) is 0. The van der Waals surface area contributed by atoms with E-state index in [2.05, 4.69) is 0 Å². The van der Waals surface area contributed by atoms with Crippen LogP contribution in [0.3, 0.4) is 0 Å². The summed E-state index contributed by atoms with van der Waals surface area (Å²) in [7, 11) is 0.352. The zero-order chi connectivity index (χ0) is 11.9. The van der Waals surface area contributed by atoms with E-state index in [0.29, 0.717) is 0 Å². The van der Waals surface area contributed by atoms with Gasteiger partial charge in [-0.25, -0.2) is 0 Å². The highest BCUT2D eigenvalue weighted by Crippen LogP contribution is 2.19. The Morgan fingerprint density at radius 2 is 1.73 bits per heavy atom. The molecule has 15 heavy (non-hydrogen) atoms. The summed E-state index contributed by atoms with van der Waals surface area (Å²) in [6, 6.07) is 0. The van der Waals surface area contributed by atoms with Gasteiger partial charge in [0, 0.05) is 14.2 Å². The van der Waals surface area contributed by atoms with Gasteiger partial charge in [-0.1, -0.05) is 6.92 Å². The third kappa shape index (κ3) is 4.18. The third-order valence-corrected chi connectivity index (χ3v) is 5.10. The number of rotatable bonds is 8. The Kier molecular flexibility index (Phi) is 7.32. The van der Waals surface area contributed by atoms with Crippen LogP contribution in [0.4, 0.5) is 0 Å². The smallest absolute Gasteiger partial charge is 0.375 e. The van der Waals surface area contributed by atoms with Crippen LogP contribution >= 0.6 is 0 Å². The SMILES string of the molecule is CCC(OC(C)C)[Si](OC)(OC)OCN. The molecule has 0 amide bonds. The minimum atomic E-state index is -2.78. The van der Waals surface area contributed by atoms with Crippen LogP contribution in [0.5, 0.6) is 0 Å². The van der Waals surface area contributed by atoms with Gasteiger partial charge in [0.15, 0.2) is 0 Å². The van der Waals surface area contributed by atoms with Gasteiger partial charge in [0.25, 0.3) is 0 Å². The lowest BCUT2D eigenvalue weighted by molar-refractivity contribution is -0.0220. The maximum atomic E-state index is 5.73. The molecule has 0 bridgehead atoms. The molecule has 0 aliphatic heterocycles. The van der Waals surface area contributed by atoms with Crippen molar-refractivity contribution in [2.24, 2.45) is 5.73 Å². The monoisotopic (exact) mass is 237 g/mol. The van der Waals surface area contributed by atoms with Gasteiger partial charge >= 0.3 is 8.80 Å². The molecule has 92 valence electrons. The topological polar surface area (TPSA) is 62.9 Å². The van der Waals surface area contributed by atoms with E-state index >= 15 is 0 Å². The first-order valence-electron chi connectivity index (χ1n) is 5.16. The van der Waals surface area contributed by atoms with Gasteiger partial charge in [0.05, 0.1) is 12.8 Å². The molecule has 5 nitrogen and oxygen atoms in total. The molecule has 0 aromatic heterocycles. The maximum absolute atomic E-state index is 5.73. The highest BCUT2D eigenvalue weighted by molar-refractivity contribution is 6.62. The molecular weight excluding hydrogens is 214 g/mol. The van der Waals surface area contributed by atoms with E-state index in [-0.39, 0.29) is 18.6 Å². The van der Waals surface area contributed by atoms with E-state index < -0.39 is 8.80 Å². The van der Waals surface area contributed by atoms with E-state index in [1.54, 1.807) is 14.2 Å². The predicted molar refractivity (Wildman–Crippen MR) is 60.2 cm³/mol. The van der Waals surface area contributed by atoms with Gasteiger partial charge in [-0.2, -0.15) is 0 Å². The molecule has 0 aliphatic rings. The summed E-state index contributed by atoms with van der Waals surface area (Å²) in [6.07, 6.45) is 0.875. The van der Waals surface area contributed by atoms with Gasteiger partial charge < -0.3 is 23.7 Å². The van der Waals surface area contributed by atoms with Crippen molar-refractivity contribution < 1.29 is 18.0 Å². The highest BCUT2D eigenvalue weighted by Gasteiger charge is 2.48. The van der Waals surface area contributed by atoms with Crippen LogP contribution in [-0.2, 0) is 18.0 Å². The van der Waals surface area contributed by atoms with Crippen molar-refractivity contribution in [2.45, 2.75) is 39.0 Å². The second kappa shape index (κ2) is 7.32.